The van der Waals surface area contributed by atoms with Gasteiger partial charge < -0.3 is 14.8 Å². The number of guanidine groups is 1. The first-order valence-corrected chi connectivity index (χ1v) is 9.06. The third-order valence-corrected chi connectivity index (χ3v) is 4.23. The molecule has 2 aromatic rings. The van der Waals surface area contributed by atoms with Crippen LogP contribution in [0, 0.1) is 0 Å². The molecule has 6 nitrogen and oxygen atoms in total. The molecule has 0 bridgehead atoms. The predicted molar refractivity (Wildman–Crippen MR) is 118 cm³/mol. The number of benzene rings is 1. The number of aryl methyl sites for hydroxylation is 1. The van der Waals surface area contributed by atoms with Crippen LogP contribution < -0.4 is 5.32 Å². The Balaban J connectivity index is 0.00000338. The zero-order valence-electron chi connectivity index (χ0n) is 16.2. The molecule has 0 fully saturated rings. The highest BCUT2D eigenvalue weighted by molar-refractivity contribution is 14.0. The summed E-state index contributed by atoms with van der Waals surface area (Å²) in [6, 6.07) is 10.9. The molecule has 1 N–H and O–H groups in total. The van der Waals surface area contributed by atoms with Crippen LogP contribution in [0.2, 0.25) is 0 Å². The molecule has 0 aliphatic heterocycles. The minimum atomic E-state index is 0. The van der Waals surface area contributed by atoms with E-state index >= 15 is 0 Å². The summed E-state index contributed by atoms with van der Waals surface area (Å²) in [6.45, 7) is 8.77. The van der Waals surface area contributed by atoms with E-state index in [9.17, 15) is 0 Å². The third-order valence-electron chi connectivity index (χ3n) is 4.23. The molecule has 7 heteroatoms. The lowest BCUT2D eigenvalue weighted by Gasteiger charge is -2.25. The Hall–Kier alpha value is -1.64. The van der Waals surface area contributed by atoms with Crippen molar-refractivity contribution >= 4 is 29.9 Å². The average Bonchev–Trinajstić information content (AvgIpc) is 3.09. The Morgan fingerprint density at radius 2 is 2.00 bits per heavy atom. The lowest BCUT2D eigenvalue weighted by molar-refractivity contribution is 0.458. The van der Waals surface area contributed by atoms with Crippen LogP contribution >= 0.6 is 24.0 Å². The Bertz CT molecular complexity index is 655. The van der Waals surface area contributed by atoms with Gasteiger partial charge in [0.2, 0.25) is 0 Å². The number of aromatic nitrogens is 3. The fraction of sp³-hybridized carbons (Fsp3) is 0.526. The quantitative estimate of drug-likeness (QED) is 0.365. The van der Waals surface area contributed by atoms with Crippen molar-refractivity contribution in [1.82, 2.24) is 25.0 Å². The second kappa shape index (κ2) is 11.9. The summed E-state index contributed by atoms with van der Waals surface area (Å²) in [5.74, 6) is 1.94. The van der Waals surface area contributed by atoms with Crippen molar-refractivity contribution < 1.29 is 0 Å². The van der Waals surface area contributed by atoms with E-state index < -0.39 is 0 Å². The molecule has 0 radical (unpaired) electrons. The highest BCUT2D eigenvalue weighted by Gasteiger charge is 2.10. The second-order valence-corrected chi connectivity index (χ2v) is 6.29. The predicted octanol–water partition coefficient (Wildman–Crippen LogP) is 3.33. The highest BCUT2D eigenvalue weighted by Crippen LogP contribution is 2.04. The number of rotatable bonds is 8. The van der Waals surface area contributed by atoms with Crippen LogP contribution in [0.3, 0.4) is 0 Å². The summed E-state index contributed by atoms with van der Waals surface area (Å²) >= 11 is 0. The molecule has 1 aromatic carbocycles. The van der Waals surface area contributed by atoms with Crippen molar-refractivity contribution in [3.8, 4) is 0 Å². The van der Waals surface area contributed by atoms with Gasteiger partial charge in [-0.1, -0.05) is 44.2 Å². The summed E-state index contributed by atoms with van der Waals surface area (Å²) < 4.78 is 2.07. The van der Waals surface area contributed by atoms with Crippen LogP contribution in [0.4, 0.5) is 0 Å². The van der Waals surface area contributed by atoms with E-state index in [-0.39, 0.29) is 24.0 Å². The molecule has 144 valence electrons. The lowest BCUT2D eigenvalue weighted by atomic mass is 10.2. The van der Waals surface area contributed by atoms with Crippen molar-refractivity contribution in [2.24, 2.45) is 4.99 Å². The zero-order chi connectivity index (χ0) is 18.1. The molecule has 2 rings (SSSR count). The van der Waals surface area contributed by atoms with Crippen LogP contribution in [0.1, 0.15) is 38.6 Å². The molecule has 1 atom stereocenters. The first-order chi connectivity index (χ1) is 12.1. The molecule has 0 saturated heterocycles. The molecular weight excluding hydrogens is 439 g/mol. The minimum absolute atomic E-state index is 0. The molecule has 0 amide bonds. The summed E-state index contributed by atoms with van der Waals surface area (Å²) in [5, 5.41) is 11.6. The third kappa shape index (κ3) is 6.93. The van der Waals surface area contributed by atoms with Crippen LogP contribution in [0.25, 0.3) is 0 Å². The Labute approximate surface area is 174 Å². The standard InChI is InChI=1S/C19H30N6.HI/c1-5-16(3)22-19(24(4)14-17-10-8-7-9-11-17)20-12-13-25-15-21-23-18(25)6-2;/h7-11,15-16H,5-6,12-14H2,1-4H3,(H,20,22);1H. The van der Waals surface area contributed by atoms with Gasteiger partial charge in [0.25, 0.3) is 0 Å². The molecule has 1 heterocycles. The minimum Gasteiger partial charge on any atom is -0.354 e. The van der Waals surface area contributed by atoms with Crippen LogP contribution in [-0.2, 0) is 19.5 Å². The molecular formula is C19H31IN6. The first kappa shape index (κ1) is 22.4. The average molecular weight is 470 g/mol. The van der Waals surface area contributed by atoms with Crippen molar-refractivity contribution in [3.05, 3.63) is 48.0 Å². The van der Waals surface area contributed by atoms with E-state index in [0.29, 0.717) is 12.6 Å². The van der Waals surface area contributed by atoms with E-state index in [2.05, 4.69) is 77.1 Å². The Kier molecular flexibility index (Phi) is 10.2. The van der Waals surface area contributed by atoms with Gasteiger partial charge in [-0.05, 0) is 18.9 Å². The highest BCUT2D eigenvalue weighted by atomic mass is 127. The number of halogens is 1. The molecule has 0 aliphatic carbocycles. The van der Waals surface area contributed by atoms with Crippen LogP contribution in [-0.4, -0.2) is 45.3 Å². The zero-order valence-corrected chi connectivity index (χ0v) is 18.6. The van der Waals surface area contributed by atoms with E-state index in [4.69, 9.17) is 4.99 Å². The van der Waals surface area contributed by atoms with Gasteiger partial charge in [-0.25, -0.2) is 0 Å². The summed E-state index contributed by atoms with van der Waals surface area (Å²) in [4.78, 5) is 6.99. The fourth-order valence-electron chi connectivity index (χ4n) is 2.53. The van der Waals surface area contributed by atoms with Gasteiger partial charge in [0, 0.05) is 32.6 Å². The van der Waals surface area contributed by atoms with Crippen LogP contribution in [0.15, 0.2) is 41.7 Å². The number of hydrogen-bond donors (Lipinski definition) is 1. The lowest BCUT2D eigenvalue weighted by Crippen LogP contribution is -2.43. The Morgan fingerprint density at radius 3 is 2.65 bits per heavy atom. The van der Waals surface area contributed by atoms with E-state index in [0.717, 1.165) is 37.7 Å². The molecule has 1 unspecified atom stereocenters. The number of aliphatic imine (C=N–C) groups is 1. The maximum atomic E-state index is 4.81. The van der Waals surface area contributed by atoms with Crippen molar-refractivity contribution in [3.63, 3.8) is 0 Å². The van der Waals surface area contributed by atoms with E-state index in [1.807, 2.05) is 6.07 Å². The van der Waals surface area contributed by atoms with Crippen LogP contribution in [0.5, 0.6) is 0 Å². The SMILES string of the molecule is CCc1nncn1CCN=C(NC(C)CC)N(C)Cc1ccccc1.I. The smallest absolute Gasteiger partial charge is 0.194 e. The number of hydrogen-bond acceptors (Lipinski definition) is 3. The first-order valence-electron chi connectivity index (χ1n) is 9.06. The molecule has 26 heavy (non-hydrogen) atoms. The van der Waals surface area contributed by atoms with Gasteiger partial charge in [0.15, 0.2) is 5.96 Å². The second-order valence-electron chi connectivity index (χ2n) is 6.29. The van der Waals surface area contributed by atoms with Gasteiger partial charge in [0.1, 0.15) is 12.2 Å². The van der Waals surface area contributed by atoms with Crippen molar-refractivity contribution in [2.45, 2.75) is 52.7 Å². The largest absolute Gasteiger partial charge is 0.354 e. The maximum Gasteiger partial charge on any atom is 0.194 e. The van der Waals surface area contributed by atoms with Gasteiger partial charge in [-0.15, -0.1) is 34.2 Å². The summed E-state index contributed by atoms with van der Waals surface area (Å²) in [5.41, 5.74) is 1.27. The van der Waals surface area contributed by atoms with Crippen molar-refractivity contribution in [1.29, 1.82) is 0 Å². The van der Waals surface area contributed by atoms with Gasteiger partial charge in [-0.2, -0.15) is 0 Å². The van der Waals surface area contributed by atoms with Gasteiger partial charge in [-0.3, -0.25) is 4.99 Å². The van der Waals surface area contributed by atoms with Gasteiger partial charge in [0.05, 0.1) is 6.54 Å². The summed E-state index contributed by atoms with van der Waals surface area (Å²) in [7, 11) is 2.08. The van der Waals surface area contributed by atoms with Crippen molar-refractivity contribution in [2.75, 3.05) is 13.6 Å². The normalized spacial score (nSPS) is 12.4. The molecule has 1 aromatic heterocycles. The summed E-state index contributed by atoms with van der Waals surface area (Å²) in [6.07, 6.45) is 3.73. The molecule has 0 spiro atoms. The number of nitrogens with zero attached hydrogens (tertiary/aromatic N) is 5. The molecule has 0 aliphatic rings. The molecule has 0 saturated carbocycles. The van der Waals surface area contributed by atoms with E-state index in [1.165, 1.54) is 5.56 Å². The van der Waals surface area contributed by atoms with E-state index in [1.54, 1.807) is 6.33 Å². The number of nitrogens with one attached hydrogen (secondary N) is 1. The maximum absolute atomic E-state index is 4.81. The monoisotopic (exact) mass is 470 g/mol. The van der Waals surface area contributed by atoms with Gasteiger partial charge >= 0.3 is 0 Å². The Morgan fingerprint density at radius 1 is 1.27 bits per heavy atom. The fourth-order valence-corrected chi connectivity index (χ4v) is 2.53. The topological polar surface area (TPSA) is 58.3 Å².